The Balaban J connectivity index is 2.01. The van der Waals surface area contributed by atoms with Gasteiger partial charge in [-0.25, -0.2) is 0 Å². The monoisotopic (exact) mass is 494 g/mol. The van der Waals surface area contributed by atoms with E-state index in [4.69, 9.17) is 9.47 Å². The standard InChI is InChI=1S/C29H38N2O5/c1-6-17-35-23-12-10-21(11-13-23)27(32)25-26(31(16-15-30(4)5)29(34)28(25)33)22-8-7-9-24(19-22)36-18-14-20(2)3/h7-13,19-20,26,32H,6,14-18H2,1-5H3/b27-25+. The van der Waals surface area contributed by atoms with Crippen LogP contribution in [0.25, 0.3) is 5.76 Å². The van der Waals surface area contributed by atoms with Crippen molar-refractivity contribution in [2.75, 3.05) is 40.4 Å². The van der Waals surface area contributed by atoms with Gasteiger partial charge in [-0.3, -0.25) is 9.59 Å². The molecular weight excluding hydrogens is 456 g/mol. The van der Waals surface area contributed by atoms with Gasteiger partial charge in [-0.2, -0.15) is 0 Å². The lowest BCUT2D eigenvalue weighted by molar-refractivity contribution is -0.140. The van der Waals surface area contributed by atoms with Crippen LogP contribution in [0.3, 0.4) is 0 Å². The zero-order chi connectivity index (χ0) is 26.2. The number of benzene rings is 2. The van der Waals surface area contributed by atoms with Crippen LogP contribution in [0.5, 0.6) is 11.5 Å². The maximum absolute atomic E-state index is 13.2. The molecule has 36 heavy (non-hydrogen) atoms. The number of ketones is 1. The molecule has 0 radical (unpaired) electrons. The molecule has 0 saturated carbocycles. The largest absolute Gasteiger partial charge is 0.507 e. The van der Waals surface area contributed by atoms with Gasteiger partial charge in [0.2, 0.25) is 0 Å². The number of nitrogens with zero attached hydrogens (tertiary/aromatic N) is 2. The Kier molecular flexibility index (Phi) is 9.53. The van der Waals surface area contributed by atoms with E-state index >= 15 is 0 Å². The number of aliphatic hydroxyl groups is 1. The van der Waals surface area contributed by atoms with Crippen LogP contribution < -0.4 is 9.47 Å². The molecule has 7 nitrogen and oxygen atoms in total. The van der Waals surface area contributed by atoms with Crippen molar-refractivity contribution in [1.29, 1.82) is 0 Å². The molecule has 2 aromatic carbocycles. The molecule has 0 aliphatic carbocycles. The molecule has 1 unspecified atom stereocenters. The normalized spacial score (nSPS) is 17.3. The summed E-state index contributed by atoms with van der Waals surface area (Å²) in [6.07, 6.45) is 1.81. The van der Waals surface area contributed by atoms with Gasteiger partial charge in [-0.05, 0) is 74.8 Å². The van der Waals surface area contributed by atoms with Crippen LogP contribution in [-0.4, -0.2) is 67.0 Å². The van der Waals surface area contributed by atoms with Gasteiger partial charge in [0.15, 0.2) is 0 Å². The molecule has 1 N–H and O–H groups in total. The zero-order valence-corrected chi connectivity index (χ0v) is 22.0. The van der Waals surface area contributed by atoms with Gasteiger partial charge < -0.3 is 24.4 Å². The first-order valence-corrected chi connectivity index (χ1v) is 12.6. The van der Waals surface area contributed by atoms with Crippen LogP contribution in [0.4, 0.5) is 0 Å². The smallest absolute Gasteiger partial charge is 0.295 e. The summed E-state index contributed by atoms with van der Waals surface area (Å²) < 4.78 is 11.6. The van der Waals surface area contributed by atoms with Crippen molar-refractivity contribution in [3.05, 3.63) is 65.2 Å². The molecule has 1 heterocycles. The third kappa shape index (κ3) is 6.66. The van der Waals surface area contributed by atoms with Gasteiger partial charge in [0.1, 0.15) is 17.3 Å². The van der Waals surface area contributed by atoms with Crippen molar-refractivity contribution < 1.29 is 24.2 Å². The molecule has 2 aromatic rings. The van der Waals surface area contributed by atoms with Gasteiger partial charge in [-0.1, -0.05) is 32.9 Å². The SMILES string of the molecule is CCCOc1ccc(/C(O)=C2\C(=O)C(=O)N(CCN(C)C)C2c2cccc(OCCC(C)C)c2)cc1. The van der Waals surface area contributed by atoms with E-state index in [1.165, 1.54) is 0 Å². The Hall–Kier alpha value is -3.32. The Morgan fingerprint density at radius 2 is 1.72 bits per heavy atom. The second-order valence-corrected chi connectivity index (χ2v) is 9.77. The molecule has 194 valence electrons. The summed E-state index contributed by atoms with van der Waals surface area (Å²) in [6.45, 7) is 8.41. The van der Waals surface area contributed by atoms with Crippen molar-refractivity contribution in [1.82, 2.24) is 9.80 Å². The van der Waals surface area contributed by atoms with Crippen LogP contribution in [0, 0.1) is 5.92 Å². The van der Waals surface area contributed by atoms with E-state index in [1.807, 2.05) is 50.2 Å². The zero-order valence-electron chi connectivity index (χ0n) is 22.0. The minimum atomic E-state index is -0.713. The lowest BCUT2D eigenvalue weighted by atomic mass is 9.95. The first kappa shape index (κ1) is 27.3. The molecule has 1 aliphatic rings. The first-order chi connectivity index (χ1) is 17.2. The highest BCUT2D eigenvalue weighted by molar-refractivity contribution is 6.46. The van der Waals surface area contributed by atoms with Crippen LogP contribution in [0.15, 0.2) is 54.1 Å². The number of likely N-dealkylation sites (tertiary alicyclic amines) is 1. The summed E-state index contributed by atoms with van der Waals surface area (Å²) in [6, 6.07) is 13.6. The number of likely N-dealkylation sites (N-methyl/N-ethyl adjacent to an activating group) is 1. The Morgan fingerprint density at radius 1 is 1.03 bits per heavy atom. The molecular formula is C29H38N2O5. The summed E-state index contributed by atoms with van der Waals surface area (Å²) >= 11 is 0. The summed E-state index contributed by atoms with van der Waals surface area (Å²) in [7, 11) is 3.83. The van der Waals surface area contributed by atoms with Crippen molar-refractivity contribution in [3.63, 3.8) is 0 Å². The van der Waals surface area contributed by atoms with Crippen molar-refractivity contribution in [3.8, 4) is 11.5 Å². The molecule has 0 bridgehead atoms. The van der Waals surface area contributed by atoms with Crippen LogP contribution in [-0.2, 0) is 9.59 Å². The van der Waals surface area contributed by atoms with Gasteiger partial charge in [0.25, 0.3) is 11.7 Å². The highest BCUT2D eigenvalue weighted by Gasteiger charge is 2.46. The third-order valence-electron chi connectivity index (χ3n) is 6.07. The van der Waals surface area contributed by atoms with E-state index in [0.29, 0.717) is 49.3 Å². The van der Waals surface area contributed by atoms with Crippen molar-refractivity contribution in [2.24, 2.45) is 5.92 Å². The maximum Gasteiger partial charge on any atom is 0.295 e. The summed E-state index contributed by atoms with van der Waals surface area (Å²) in [5, 5.41) is 11.3. The first-order valence-electron chi connectivity index (χ1n) is 12.6. The predicted molar refractivity (Wildman–Crippen MR) is 141 cm³/mol. The van der Waals surface area contributed by atoms with E-state index in [2.05, 4.69) is 13.8 Å². The van der Waals surface area contributed by atoms with Gasteiger partial charge in [0, 0.05) is 18.7 Å². The average molecular weight is 495 g/mol. The fourth-order valence-corrected chi connectivity index (χ4v) is 4.04. The molecule has 0 spiro atoms. The van der Waals surface area contributed by atoms with Gasteiger partial charge in [0.05, 0.1) is 24.8 Å². The van der Waals surface area contributed by atoms with E-state index in [9.17, 15) is 14.7 Å². The van der Waals surface area contributed by atoms with E-state index in [1.54, 1.807) is 29.2 Å². The molecule has 3 rings (SSSR count). The number of carbonyl (C=O) groups is 2. The fourth-order valence-electron chi connectivity index (χ4n) is 4.04. The van der Waals surface area contributed by atoms with Gasteiger partial charge >= 0.3 is 0 Å². The lowest BCUT2D eigenvalue weighted by Gasteiger charge is -2.27. The second kappa shape index (κ2) is 12.6. The molecule has 1 atom stereocenters. The van der Waals surface area contributed by atoms with E-state index in [0.717, 1.165) is 18.4 Å². The molecule has 0 aromatic heterocycles. The number of hydrogen-bond acceptors (Lipinski definition) is 6. The minimum absolute atomic E-state index is 0.0836. The quantitative estimate of drug-likeness (QED) is 0.257. The average Bonchev–Trinajstić information content (AvgIpc) is 3.11. The van der Waals surface area contributed by atoms with Gasteiger partial charge in [-0.15, -0.1) is 0 Å². The third-order valence-corrected chi connectivity index (χ3v) is 6.07. The summed E-state index contributed by atoms with van der Waals surface area (Å²) in [4.78, 5) is 29.8. The van der Waals surface area contributed by atoms with E-state index < -0.39 is 17.7 Å². The van der Waals surface area contributed by atoms with Crippen LogP contribution >= 0.6 is 0 Å². The number of aliphatic hydroxyl groups excluding tert-OH is 1. The topological polar surface area (TPSA) is 79.3 Å². The highest BCUT2D eigenvalue weighted by atomic mass is 16.5. The van der Waals surface area contributed by atoms with Crippen LogP contribution in [0.1, 0.15) is 50.8 Å². The Bertz CT molecular complexity index is 1080. The number of rotatable bonds is 12. The molecule has 1 fully saturated rings. The van der Waals surface area contributed by atoms with Crippen molar-refractivity contribution in [2.45, 2.75) is 39.7 Å². The van der Waals surface area contributed by atoms with Crippen molar-refractivity contribution >= 4 is 17.4 Å². The summed E-state index contributed by atoms with van der Waals surface area (Å²) in [5.41, 5.74) is 1.26. The number of amides is 1. The molecule has 1 amide bonds. The lowest BCUT2D eigenvalue weighted by Crippen LogP contribution is -2.35. The number of carbonyl (C=O) groups excluding carboxylic acids is 2. The highest BCUT2D eigenvalue weighted by Crippen LogP contribution is 2.40. The van der Waals surface area contributed by atoms with E-state index in [-0.39, 0.29) is 11.3 Å². The summed E-state index contributed by atoms with van der Waals surface area (Å²) in [5.74, 6) is 0.376. The maximum atomic E-state index is 13.2. The molecule has 7 heteroatoms. The second-order valence-electron chi connectivity index (χ2n) is 9.77. The predicted octanol–water partition coefficient (Wildman–Crippen LogP) is 4.88. The molecule has 1 saturated heterocycles. The minimum Gasteiger partial charge on any atom is -0.507 e. The number of hydrogen-bond donors (Lipinski definition) is 1. The van der Waals surface area contributed by atoms with Crippen LogP contribution in [0.2, 0.25) is 0 Å². The Labute approximate surface area is 214 Å². The molecule has 1 aliphatic heterocycles. The Morgan fingerprint density at radius 3 is 2.36 bits per heavy atom. The fraction of sp³-hybridized carbons (Fsp3) is 0.448. The number of ether oxygens (including phenoxy) is 2. The number of Topliss-reactive ketones (excluding diaryl/α,β-unsaturated/α-hetero) is 1.